The summed E-state index contributed by atoms with van der Waals surface area (Å²) in [6.45, 7) is 1.94. The van der Waals surface area contributed by atoms with Crippen LogP contribution in [0.1, 0.15) is 21.5 Å². The van der Waals surface area contributed by atoms with Crippen LogP contribution in [0.2, 0.25) is 10.0 Å². The zero-order chi connectivity index (χ0) is 26.1. The lowest BCUT2D eigenvalue weighted by molar-refractivity contribution is 0.0747. The van der Waals surface area contributed by atoms with Gasteiger partial charge >= 0.3 is 0 Å². The first kappa shape index (κ1) is 27.1. The molecular formula is C28H24Cl2FN5O2. The van der Waals surface area contributed by atoms with Crippen LogP contribution in [0.5, 0.6) is 0 Å². The fourth-order valence-electron chi connectivity index (χ4n) is 4.69. The number of hydrogen-bond donors (Lipinski definition) is 1. The maximum atomic E-state index is 13.5. The van der Waals surface area contributed by atoms with Crippen LogP contribution in [0.3, 0.4) is 0 Å². The molecule has 0 atom stereocenters. The van der Waals surface area contributed by atoms with Crippen molar-refractivity contribution in [2.24, 2.45) is 0 Å². The van der Waals surface area contributed by atoms with Crippen molar-refractivity contribution in [2.45, 2.75) is 6.54 Å². The zero-order valence-corrected chi connectivity index (χ0v) is 21.8. The molecule has 0 unspecified atom stereocenters. The van der Waals surface area contributed by atoms with E-state index in [0.717, 1.165) is 10.9 Å². The second-order valence-electron chi connectivity index (χ2n) is 8.78. The van der Waals surface area contributed by atoms with Gasteiger partial charge in [0.05, 0.1) is 27.8 Å². The summed E-state index contributed by atoms with van der Waals surface area (Å²) in [5, 5.41) is 11.5. The number of halogens is 3. The number of hydrogen-bond acceptors (Lipinski definition) is 5. The third kappa shape index (κ3) is 5.09. The van der Waals surface area contributed by atoms with E-state index < -0.39 is 5.56 Å². The Bertz CT molecular complexity index is 1610. The molecular weight excluding hydrogens is 528 g/mol. The molecule has 1 aliphatic rings. The van der Waals surface area contributed by atoms with Crippen LogP contribution in [-0.4, -0.2) is 41.6 Å². The van der Waals surface area contributed by atoms with Crippen molar-refractivity contribution in [1.82, 2.24) is 15.6 Å². The number of pyridine rings is 1. The Hall–Kier alpha value is -3.90. The average molecular weight is 552 g/mol. The zero-order valence-electron chi connectivity index (χ0n) is 20.3. The second-order valence-corrected chi connectivity index (χ2v) is 9.59. The highest BCUT2D eigenvalue weighted by atomic mass is 35.5. The standard InChI is InChI=1S/C28H21Cl2FN4O2.H3N/c29-23-10-7-19(15-24(23)30)27(36)34-13-11-33(12-14-34)26-21-3-1-2-4-25(21)35(28(37)22(26)16-32)17-18-5-8-20(31)9-6-18;/h1-10,15H,11-14,17H2;1H3. The van der Waals surface area contributed by atoms with Crippen molar-refractivity contribution in [3.05, 3.63) is 110 Å². The Morgan fingerprint density at radius 3 is 2.29 bits per heavy atom. The van der Waals surface area contributed by atoms with Crippen LogP contribution in [0.25, 0.3) is 10.9 Å². The number of anilines is 1. The molecule has 38 heavy (non-hydrogen) atoms. The number of carbonyl (C=O) groups is 1. The third-order valence-electron chi connectivity index (χ3n) is 6.56. The van der Waals surface area contributed by atoms with Crippen LogP contribution in [0.4, 0.5) is 10.1 Å². The van der Waals surface area contributed by atoms with E-state index in [1.54, 1.807) is 39.8 Å². The van der Waals surface area contributed by atoms with Crippen molar-refractivity contribution in [3.63, 3.8) is 0 Å². The topological polar surface area (TPSA) is 104 Å². The molecule has 0 bridgehead atoms. The highest BCUT2D eigenvalue weighted by Gasteiger charge is 2.27. The fourth-order valence-corrected chi connectivity index (χ4v) is 4.99. The SMILES string of the molecule is N.N#Cc1c(N2CCN(C(=O)c3ccc(Cl)c(Cl)c3)CC2)c2ccccc2n(Cc2ccc(F)cc2)c1=O. The van der Waals surface area contributed by atoms with E-state index >= 15 is 0 Å². The van der Waals surface area contributed by atoms with Gasteiger partial charge in [0.1, 0.15) is 17.4 Å². The van der Waals surface area contributed by atoms with Crippen LogP contribution in [0.15, 0.2) is 71.5 Å². The van der Waals surface area contributed by atoms with Gasteiger partial charge in [0.25, 0.3) is 11.5 Å². The van der Waals surface area contributed by atoms with Gasteiger partial charge in [-0.1, -0.05) is 53.5 Å². The van der Waals surface area contributed by atoms with Gasteiger partial charge in [0.2, 0.25) is 0 Å². The molecule has 3 N–H and O–H groups in total. The summed E-state index contributed by atoms with van der Waals surface area (Å²) in [4.78, 5) is 30.2. The highest BCUT2D eigenvalue weighted by Crippen LogP contribution is 2.30. The Morgan fingerprint density at radius 2 is 1.63 bits per heavy atom. The molecule has 1 amide bonds. The lowest BCUT2D eigenvalue weighted by Crippen LogP contribution is -2.49. The number of aromatic nitrogens is 1. The van der Waals surface area contributed by atoms with Crippen LogP contribution in [0, 0.1) is 17.1 Å². The van der Waals surface area contributed by atoms with E-state index in [9.17, 15) is 19.2 Å². The van der Waals surface area contributed by atoms with Crippen molar-refractivity contribution in [3.8, 4) is 6.07 Å². The third-order valence-corrected chi connectivity index (χ3v) is 7.30. The van der Waals surface area contributed by atoms with E-state index in [1.807, 2.05) is 29.2 Å². The monoisotopic (exact) mass is 551 g/mol. The van der Waals surface area contributed by atoms with E-state index in [4.69, 9.17) is 23.2 Å². The summed E-state index contributed by atoms with van der Waals surface area (Å²) in [6, 6.07) is 20.3. The lowest BCUT2D eigenvalue weighted by atomic mass is 10.1. The predicted octanol–water partition coefficient (Wildman–Crippen LogP) is 5.49. The highest BCUT2D eigenvalue weighted by molar-refractivity contribution is 6.42. The molecule has 2 heterocycles. The normalized spacial score (nSPS) is 13.2. The molecule has 0 aliphatic carbocycles. The van der Waals surface area contributed by atoms with E-state index in [1.165, 1.54) is 12.1 Å². The largest absolute Gasteiger partial charge is 0.366 e. The quantitative estimate of drug-likeness (QED) is 0.361. The summed E-state index contributed by atoms with van der Waals surface area (Å²) in [6.07, 6.45) is 0. The Labute approximate surface area is 228 Å². The first-order valence-corrected chi connectivity index (χ1v) is 12.4. The molecule has 1 saturated heterocycles. The number of nitrogens with zero attached hydrogens (tertiary/aromatic N) is 4. The van der Waals surface area contributed by atoms with Crippen molar-refractivity contribution in [1.29, 1.82) is 5.26 Å². The minimum absolute atomic E-state index is 0. The summed E-state index contributed by atoms with van der Waals surface area (Å²) < 4.78 is 14.9. The number of fused-ring (bicyclic) bond motifs is 1. The van der Waals surface area contributed by atoms with Crippen LogP contribution < -0.4 is 16.6 Å². The minimum atomic E-state index is -0.408. The maximum absolute atomic E-state index is 13.5. The van der Waals surface area contributed by atoms with Gasteiger partial charge in [-0.25, -0.2) is 4.39 Å². The summed E-state index contributed by atoms with van der Waals surface area (Å²) in [5.41, 5.74) is 2.09. The Kier molecular flexibility index (Phi) is 8.02. The fraction of sp³-hybridized carbons (Fsp3) is 0.179. The van der Waals surface area contributed by atoms with E-state index in [-0.39, 0.29) is 30.0 Å². The van der Waals surface area contributed by atoms with E-state index in [0.29, 0.717) is 53.0 Å². The van der Waals surface area contributed by atoms with Gasteiger partial charge in [-0.15, -0.1) is 0 Å². The number of amides is 1. The predicted molar refractivity (Wildman–Crippen MR) is 148 cm³/mol. The van der Waals surface area contributed by atoms with Gasteiger partial charge in [0, 0.05) is 37.1 Å². The number of carbonyl (C=O) groups excluding carboxylic acids is 1. The number of para-hydroxylation sites is 1. The molecule has 1 fully saturated rings. The van der Waals surface area contributed by atoms with E-state index in [2.05, 4.69) is 6.07 Å². The van der Waals surface area contributed by atoms with Gasteiger partial charge in [0.15, 0.2) is 0 Å². The molecule has 0 radical (unpaired) electrons. The summed E-state index contributed by atoms with van der Waals surface area (Å²) in [7, 11) is 0. The molecule has 7 nitrogen and oxygen atoms in total. The number of piperazine rings is 1. The maximum Gasteiger partial charge on any atom is 0.271 e. The first-order valence-electron chi connectivity index (χ1n) is 11.7. The molecule has 0 spiro atoms. The average Bonchev–Trinajstić information content (AvgIpc) is 2.92. The molecule has 194 valence electrons. The Balaban J connectivity index is 0.00000336. The summed E-state index contributed by atoms with van der Waals surface area (Å²) in [5.74, 6) is -0.510. The van der Waals surface area contributed by atoms with Gasteiger partial charge < -0.3 is 20.5 Å². The molecule has 10 heteroatoms. The van der Waals surface area contributed by atoms with Crippen LogP contribution >= 0.6 is 23.2 Å². The molecule has 5 rings (SSSR count). The number of rotatable bonds is 4. The van der Waals surface area contributed by atoms with Crippen molar-refractivity contribution >= 4 is 45.7 Å². The van der Waals surface area contributed by atoms with Gasteiger partial charge in [-0.2, -0.15) is 5.26 Å². The summed E-state index contributed by atoms with van der Waals surface area (Å²) >= 11 is 12.1. The van der Waals surface area contributed by atoms with Crippen molar-refractivity contribution in [2.75, 3.05) is 31.1 Å². The smallest absolute Gasteiger partial charge is 0.271 e. The van der Waals surface area contributed by atoms with Crippen LogP contribution in [-0.2, 0) is 6.54 Å². The lowest BCUT2D eigenvalue weighted by Gasteiger charge is -2.37. The van der Waals surface area contributed by atoms with Gasteiger partial charge in [-0.05, 0) is 42.0 Å². The number of nitriles is 1. The van der Waals surface area contributed by atoms with Crippen molar-refractivity contribution < 1.29 is 9.18 Å². The molecule has 1 aliphatic heterocycles. The first-order chi connectivity index (χ1) is 17.9. The molecule has 3 aromatic carbocycles. The van der Waals surface area contributed by atoms with Gasteiger partial charge in [-0.3, -0.25) is 9.59 Å². The number of benzene rings is 3. The molecule has 0 saturated carbocycles. The minimum Gasteiger partial charge on any atom is -0.366 e. The molecule has 1 aromatic heterocycles. The second kappa shape index (κ2) is 11.2. The molecule has 4 aromatic rings. The Morgan fingerprint density at radius 1 is 0.947 bits per heavy atom.